The monoisotopic (exact) mass is 383 g/mol. The Morgan fingerprint density at radius 1 is 0.704 bits per heavy atom. The van der Waals surface area contributed by atoms with Crippen LogP contribution in [-0.4, -0.2) is 67.9 Å². The first-order valence-electron chi connectivity index (χ1n) is 6.22. The Morgan fingerprint density at radius 3 is 0.889 bits per heavy atom. The molecule has 27 heavy (non-hydrogen) atoms. The third-order valence-electron chi connectivity index (χ3n) is 1.60. The summed E-state index contributed by atoms with van der Waals surface area (Å²) in [4.78, 5) is 28.8. The molecule has 0 fully saturated rings. The van der Waals surface area contributed by atoms with Gasteiger partial charge in [-0.1, -0.05) is 19.7 Å². The van der Waals surface area contributed by atoms with Gasteiger partial charge in [-0.25, -0.2) is 14.4 Å². The maximum atomic E-state index is 9.61. The molecule has 0 radical (unpaired) electrons. The molecule has 0 aromatic carbocycles. The van der Waals surface area contributed by atoms with Crippen LogP contribution < -0.4 is 0 Å². The van der Waals surface area contributed by atoms with Crippen LogP contribution in [0.1, 0.15) is 0 Å². The second-order valence-electron chi connectivity index (χ2n) is 3.71. The van der Waals surface area contributed by atoms with Gasteiger partial charge in [-0.15, -0.1) is 0 Å². The average Bonchev–Trinajstić information content (AvgIpc) is 2.66. The highest BCUT2D eigenvalue weighted by molar-refractivity contribution is 5.90. The standard InChI is InChI=1S/3C4H3NO2.C3H8O3/c3*1-3(2-5)4(6)7;4-1-3(6)2-5/h3*1H2,(H,6,7);3-6H,1-2H2. The van der Waals surface area contributed by atoms with E-state index in [1.54, 1.807) is 0 Å². The molecule has 12 nitrogen and oxygen atoms in total. The molecule has 0 spiro atoms. The van der Waals surface area contributed by atoms with Gasteiger partial charge < -0.3 is 30.6 Å². The smallest absolute Gasteiger partial charge is 0.345 e. The fourth-order valence-corrected chi connectivity index (χ4v) is 0.201. The topological polar surface area (TPSA) is 244 Å². The molecular weight excluding hydrogens is 366 g/mol. The molecule has 12 heteroatoms. The molecule has 0 unspecified atom stereocenters. The number of hydrogen-bond acceptors (Lipinski definition) is 9. The Hall–Kier alpha value is -4.02. The Morgan fingerprint density at radius 2 is 0.889 bits per heavy atom. The van der Waals surface area contributed by atoms with Crippen LogP contribution in [-0.2, 0) is 14.4 Å². The molecule has 0 saturated carbocycles. The first kappa shape index (κ1) is 30.8. The molecule has 0 saturated heterocycles. The van der Waals surface area contributed by atoms with Crippen LogP contribution in [0.5, 0.6) is 0 Å². The Kier molecular flexibility index (Phi) is 22.9. The molecule has 0 rings (SSSR count). The van der Waals surface area contributed by atoms with Crippen molar-refractivity contribution in [1.82, 2.24) is 0 Å². The Balaban J connectivity index is -0.000000131. The third kappa shape index (κ3) is 27.1. The van der Waals surface area contributed by atoms with Gasteiger partial charge >= 0.3 is 17.9 Å². The summed E-state index contributed by atoms with van der Waals surface area (Å²) in [5.41, 5.74) is -1.29. The lowest BCUT2D eigenvalue weighted by Crippen LogP contribution is -2.15. The Labute approximate surface area is 153 Å². The van der Waals surface area contributed by atoms with Crippen LogP contribution in [0.25, 0.3) is 0 Å². The van der Waals surface area contributed by atoms with Crippen LogP contribution in [0, 0.1) is 34.0 Å². The van der Waals surface area contributed by atoms with Crippen LogP contribution in [0.3, 0.4) is 0 Å². The second-order valence-corrected chi connectivity index (χ2v) is 3.71. The SMILES string of the molecule is C=C(C#N)C(=O)O.C=C(C#N)C(=O)O.C=C(C#N)C(=O)O.OCC(O)CO. The lowest BCUT2D eigenvalue weighted by molar-refractivity contribution is -0.133. The van der Waals surface area contributed by atoms with Crippen LogP contribution in [0.2, 0.25) is 0 Å². The van der Waals surface area contributed by atoms with Gasteiger partial charge in [0.1, 0.15) is 41.0 Å². The summed E-state index contributed by atoms with van der Waals surface area (Å²) < 4.78 is 0. The summed E-state index contributed by atoms with van der Waals surface area (Å²) in [6.45, 7) is 8.01. The molecule has 0 aliphatic rings. The summed E-state index contributed by atoms with van der Waals surface area (Å²) >= 11 is 0. The number of aliphatic carboxylic acids is 3. The number of carboxylic acid groups (broad SMARTS) is 3. The largest absolute Gasteiger partial charge is 0.477 e. The lowest BCUT2D eigenvalue weighted by Gasteiger charge is -1.96. The van der Waals surface area contributed by atoms with E-state index in [9.17, 15) is 14.4 Å². The van der Waals surface area contributed by atoms with Gasteiger partial charge in [0.05, 0.1) is 13.2 Å². The molecule has 0 aliphatic carbocycles. The molecule has 0 amide bonds. The fraction of sp³-hybridized carbons (Fsp3) is 0.200. The van der Waals surface area contributed by atoms with Gasteiger partial charge in [0.25, 0.3) is 0 Å². The van der Waals surface area contributed by atoms with Gasteiger partial charge in [-0.05, 0) is 0 Å². The minimum atomic E-state index is -1.26. The Bertz CT molecular complexity index is 589. The average molecular weight is 383 g/mol. The summed E-state index contributed by atoms with van der Waals surface area (Å²) in [5.74, 6) is -3.78. The van der Waals surface area contributed by atoms with E-state index in [1.165, 1.54) is 18.2 Å². The minimum absolute atomic E-state index is 0.365. The molecule has 0 bridgehead atoms. The summed E-state index contributed by atoms with van der Waals surface area (Å²) in [5, 5.41) is 70.9. The highest BCUT2D eigenvalue weighted by Crippen LogP contribution is 1.82. The predicted octanol–water partition coefficient (Wildman–Crippen LogP) is -1.22. The highest BCUT2D eigenvalue weighted by Gasteiger charge is 1.98. The second kappa shape index (κ2) is 20.0. The summed E-state index contributed by atoms with van der Waals surface area (Å²) in [6.07, 6.45) is -0.954. The van der Waals surface area contributed by atoms with E-state index in [0.717, 1.165) is 0 Å². The van der Waals surface area contributed by atoms with E-state index in [4.69, 9.17) is 46.4 Å². The summed E-state index contributed by atoms with van der Waals surface area (Å²) in [6, 6.07) is 4.11. The van der Waals surface area contributed by atoms with E-state index in [1.807, 2.05) is 0 Å². The molecule has 6 N–H and O–H groups in total. The van der Waals surface area contributed by atoms with Gasteiger partial charge in [0.15, 0.2) is 0 Å². The zero-order chi connectivity index (χ0) is 22.6. The van der Waals surface area contributed by atoms with E-state index >= 15 is 0 Å². The maximum absolute atomic E-state index is 9.61. The summed E-state index contributed by atoms with van der Waals surface area (Å²) in [7, 11) is 0. The molecule has 0 aromatic rings. The molecule has 0 aromatic heterocycles. The van der Waals surface area contributed by atoms with Crippen LogP contribution in [0.15, 0.2) is 36.5 Å². The molecule has 0 heterocycles. The first-order chi connectivity index (χ1) is 12.4. The molecule has 0 aliphatic heterocycles. The number of rotatable bonds is 5. The van der Waals surface area contributed by atoms with Crippen molar-refractivity contribution in [2.24, 2.45) is 0 Å². The quantitative estimate of drug-likeness (QED) is 0.242. The van der Waals surface area contributed by atoms with Crippen molar-refractivity contribution in [3.05, 3.63) is 36.5 Å². The lowest BCUT2D eigenvalue weighted by atomic mass is 10.4. The predicted molar refractivity (Wildman–Crippen MR) is 87.3 cm³/mol. The minimum Gasteiger partial charge on any atom is -0.477 e. The van der Waals surface area contributed by atoms with E-state index < -0.39 is 40.7 Å². The van der Waals surface area contributed by atoms with Crippen molar-refractivity contribution in [3.8, 4) is 18.2 Å². The number of carboxylic acids is 3. The van der Waals surface area contributed by atoms with Gasteiger partial charge in [0.2, 0.25) is 0 Å². The van der Waals surface area contributed by atoms with Gasteiger partial charge in [-0.2, -0.15) is 15.8 Å². The third-order valence-corrected chi connectivity index (χ3v) is 1.60. The maximum Gasteiger partial charge on any atom is 0.345 e. The molecule has 0 atom stereocenters. The van der Waals surface area contributed by atoms with Crippen molar-refractivity contribution in [2.45, 2.75) is 6.10 Å². The van der Waals surface area contributed by atoms with Gasteiger partial charge in [-0.3, -0.25) is 0 Å². The normalized spacial score (nSPS) is 7.44. The number of nitrogens with zero attached hydrogens (tertiary/aromatic N) is 3. The zero-order valence-corrected chi connectivity index (χ0v) is 13.9. The van der Waals surface area contributed by atoms with Crippen LogP contribution in [0.4, 0.5) is 0 Å². The van der Waals surface area contributed by atoms with Crippen molar-refractivity contribution in [3.63, 3.8) is 0 Å². The van der Waals surface area contributed by atoms with Gasteiger partial charge in [0, 0.05) is 0 Å². The number of hydrogen-bond donors (Lipinski definition) is 6. The number of aliphatic hydroxyl groups is 3. The zero-order valence-electron chi connectivity index (χ0n) is 13.9. The van der Waals surface area contributed by atoms with Crippen molar-refractivity contribution >= 4 is 17.9 Å². The number of carbonyl (C=O) groups is 3. The first-order valence-corrected chi connectivity index (χ1v) is 6.22. The number of nitriles is 3. The van der Waals surface area contributed by atoms with E-state index in [2.05, 4.69) is 19.7 Å². The van der Waals surface area contributed by atoms with Crippen molar-refractivity contribution in [2.75, 3.05) is 13.2 Å². The molecular formula is C15H17N3O9. The van der Waals surface area contributed by atoms with Crippen LogP contribution >= 0.6 is 0 Å². The number of aliphatic hydroxyl groups excluding tert-OH is 3. The van der Waals surface area contributed by atoms with Crippen molar-refractivity contribution in [1.29, 1.82) is 15.8 Å². The fourth-order valence-electron chi connectivity index (χ4n) is 0.201. The van der Waals surface area contributed by atoms with Crippen molar-refractivity contribution < 1.29 is 45.0 Å². The van der Waals surface area contributed by atoms with E-state index in [-0.39, 0.29) is 13.2 Å². The highest BCUT2D eigenvalue weighted by atomic mass is 16.4. The van der Waals surface area contributed by atoms with E-state index in [0.29, 0.717) is 0 Å². The molecule has 146 valence electrons.